The number of nitrogens with zero attached hydrogens (tertiary/aromatic N) is 3. The van der Waals surface area contributed by atoms with Gasteiger partial charge >= 0.3 is 0 Å². The highest BCUT2D eigenvalue weighted by Crippen LogP contribution is 2.39. The Hall–Kier alpha value is -2.14. The first-order chi connectivity index (χ1) is 9.59. The van der Waals surface area contributed by atoms with Crippen molar-refractivity contribution in [2.24, 2.45) is 5.92 Å². The maximum atomic E-state index is 12.0. The Balaban J connectivity index is 2.21. The predicted molar refractivity (Wildman–Crippen MR) is 76.5 cm³/mol. The molecule has 0 fully saturated rings. The van der Waals surface area contributed by atoms with Gasteiger partial charge in [-0.25, -0.2) is 4.68 Å². The molecule has 0 saturated heterocycles. The summed E-state index contributed by atoms with van der Waals surface area (Å²) in [4.78, 5) is 16.2. The first-order valence-electron chi connectivity index (χ1n) is 6.20. The van der Waals surface area contributed by atoms with Crippen LogP contribution < -0.4 is 5.32 Å². The number of aromatic nitrogens is 3. The maximum Gasteiger partial charge on any atom is 0.226 e. The van der Waals surface area contributed by atoms with E-state index >= 15 is 0 Å². The van der Waals surface area contributed by atoms with Crippen LogP contribution in [0.2, 0.25) is 5.02 Å². The molecule has 1 aromatic carbocycles. The van der Waals surface area contributed by atoms with Gasteiger partial charge in [0.2, 0.25) is 5.95 Å². The molecule has 0 spiro atoms. The van der Waals surface area contributed by atoms with E-state index in [0.717, 1.165) is 5.56 Å². The molecule has 1 aromatic heterocycles. The number of allylic oxidation sites excluding steroid dienone is 1. The molecule has 3 rings (SSSR count). The lowest BCUT2D eigenvalue weighted by atomic mass is 9.86. The molecule has 1 aliphatic heterocycles. The number of ketones is 1. The topological polar surface area (TPSA) is 59.8 Å². The van der Waals surface area contributed by atoms with Crippen LogP contribution in [-0.2, 0) is 4.79 Å². The lowest BCUT2D eigenvalue weighted by molar-refractivity contribution is -0.120. The summed E-state index contributed by atoms with van der Waals surface area (Å²) < 4.78 is 1.68. The Morgan fingerprint density at radius 3 is 2.90 bits per heavy atom. The molecule has 0 saturated carbocycles. The van der Waals surface area contributed by atoms with Crippen molar-refractivity contribution in [1.29, 1.82) is 0 Å². The van der Waals surface area contributed by atoms with Gasteiger partial charge in [0.25, 0.3) is 0 Å². The molecule has 0 radical (unpaired) electrons. The first-order valence-corrected chi connectivity index (χ1v) is 6.57. The summed E-state index contributed by atoms with van der Waals surface area (Å²) in [6.45, 7) is 5.49. The van der Waals surface area contributed by atoms with Gasteiger partial charge in [0, 0.05) is 10.7 Å². The molecule has 2 aromatic rings. The average molecular weight is 289 g/mol. The Morgan fingerprint density at radius 2 is 2.20 bits per heavy atom. The van der Waals surface area contributed by atoms with Gasteiger partial charge in [-0.15, -0.1) is 0 Å². The van der Waals surface area contributed by atoms with Crippen LogP contribution in [0.1, 0.15) is 18.5 Å². The third-order valence-electron chi connectivity index (χ3n) is 3.46. The molecule has 1 aliphatic rings. The van der Waals surface area contributed by atoms with Crippen LogP contribution in [0.25, 0.3) is 0 Å². The Kier molecular flexibility index (Phi) is 3.06. The van der Waals surface area contributed by atoms with E-state index in [4.69, 9.17) is 11.6 Å². The largest absolute Gasteiger partial charge is 0.328 e. The normalized spacial score (nSPS) is 21.2. The number of fused-ring (bicyclic) bond motifs is 1. The molecule has 0 amide bonds. The molecule has 20 heavy (non-hydrogen) atoms. The zero-order chi connectivity index (χ0) is 14.3. The van der Waals surface area contributed by atoms with Gasteiger partial charge in [0.15, 0.2) is 0 Å². The maximum absolute atomic E-state index is 12.0. The standard InChI is InChI=1S/C14H13ClN4O/c1-8-12(9(2)20)13(10-5-3-4-6-11(10)15)19-14(18-8)16-7-17-19/h3-7,12-13H,1H2,2H3,(H,16,17,18). The molecule has 2 heterocycles. The number of carbonyl (C=O) groups is 1. The quantitative estimate of drug-likeness (QED) is 0.923. The van der Waals surface area contributed by atoms with E-state index in [1.54, 1.807) is 17.7 Å². The lowest BCUT2D eigenvalue weighted by Crippen LogP contribution is -2.36. The molecule has 1 N–H and O–H groups in total. The second-order valence-corrected chi connectivity index (χ2v) is 5.14. The van der Waals surface area contributed by atoms with Crippen LogP contribution in [-0.4, -0.2) is 20.5 Å². The van der Waals surface area contributed by atoms with Crippen molar-refractivity contribution in [2.45, 2.75) is 13.0 Å². The zero-order valence-electron chi connectivity index (χ0n) is 10.9. The number of benzene rings is 1. The number of hydrogen-bond acceptors (Lipinski definition) is 4. The Morgan fingerprint density at radius 1 is 1.45 bits per heavy atom. The minimum absolute atomic E-state index is 0.00793. The zero-order valence-corrected chi connectivity index (χ0v) is 11.6. The summed E-state index contributed by atoms with van der Waals surface area (Å²) in [6.07, 6.45) is 1.45. The highest BCUT2D eigenvalue weighted by molar-refractivity contribution is 6.31. The third-order valence-corrected chi connectivity index (χ3v) is 3.81. The number of Topliss-reactive ketones (excluding diaryl/α,β-unsaturated/α-hetero) is 1. The van der Waals surface area contributed by atoms with E-state index in [2.05, 4.69) is 22.0 Å². The molecular weight excluding hydrogens is 276 g/mol. The van der Waals surface area contributed by atoms with Crippen molar-refractivity contribution in [1.82, 2.24) is 14.8 Å². The minimum Gasteiger partial charge on any atom is -0.328 e. The van der Waals surface area contributed by atoms with Crippen LogP contribution in [0.15, 0.2) is 42.9 Å². The number of hydrogen-bond donors (Lipinski definition) is 1. The molecule has 102 valence electrons. The van der Waals surface area contributed by atoms with E-state index in [1.165, 1.54) is 6.33 Å². The van der Waals surface area contributed by atoms with Gasteiger partial charge in [-0.1, -0.05) is 36.4 Å². The fraction of sp³-hybridized carbons (Fsp3) is 0.214. The molecule has 2 atom stereocenters. The van der Waals surface area contributed by atoms with Gasteiger partial charge in [-0.2, -0.15) is 10.1 Å². The van der Waals surface area contributed by atoms with E-state index < -0.39 is 5.92 Å². The molecule has 0 bridgehead atoms. The molecule has 2 unspecified atom stereocenters. The Bertz CT molecular complexity index is 694. The van der Waals surface area contributed by atoms with Gasteiger partial charge in [0.1, 0.15) is 12.1 Å². The average Bonchev–Trinajstić information content (AvgIpc) is 2.85. The Labute approximate surface area is 121 Å². The SMILES string of the molecule is C=C1Nc2ncnn2C(c2ccccc2Cl)C1C(C)=O. The molecule has 0 aliphatic carbocycles. The third kappa shape index (κ3) is 1.91. The predicted octanol–water partition coefficient (Wildman–Crippen LogP) is 2.67. The van der Waals surface area contributed by atoms with Crippen molar-refractivity contribution in [2.75, 3.05) is 5.32 Å². The number of rotatable bonds is 2. The number of carbonyl (C=O) groups excluding carboxylic acids is 1. The van der Waals surface area contributed by atoms with Crippen LogP contribution in [0, 0.1) is 5.92 Å². The van der Waals surface area contributed by atoms with E-state index in [-0.39, 0.29) is 11.8 Å². The number of anilines is 1. The van der Waals surface area contributed by atoms with Crippen molar-refractivity contribution in [3.63, 3.8) is 0 Å². The first kappa shape index (κ1) is 12.9. The number of halogens is 1. The van der Waals surface area contributed by atoms with Crippen LogP contribution in [0.4, 0.5) is 5.95 Å². The van der Waals surface area contributed by atoms with Crippen molar-refractivity contribution < 1.29 is 4.79 Å². The van der Waals surface area contributed by atoms with Crippen molar-refractivity contribution >= 4 is 23.3 Å². The van der Waals surface area contributed by atoms with Gasteiger partial charge in [-0.05, 0) is 18.6 Å². The smallest absolute Gasteiger partial charge is 0.226 e. The van der Waals surface area contributed by atoms with Gasteiger partial charge < -0.3 is 5.32 Å². The fourth-order valence-corrected chi connectivity index (χ4v) is 2.84. The molecule has 6 heteroatoms. The molecular formula is C14H13ClN4O. The monoisotopic (exact) mass is 288 g/mol. The van der Waals surface area contributed by atoms with Crippen LogP contribution in [0.3, 0.4) is 0 Å². The summed E-state index contributed by atoms with van der Waals surface area (Å²) in [5.41, 5.74) is 1.45. The van der Waals surface area contributed by atoms with Gasteiger partial charge in [0.05, 0.1) is 12.0 Å². The van der Waals surface area contributed by atoms with Crippen LogP contribution in [0.5, 0.6) is 0 Å². The van der Waals surface area contributed by atoms with Crippen molar-refractivity contribution in [3.05, 3.63) is 53.5 Å². The van der Waals surface area contributed by atoms with E-state index in [0.29, 0.717) is 16.7 Å². The van der Waals surface area contributed by atoms with Gasteiger partial charge in [-0.3, -0.25) is 4.79 Å². The molecule has 5 nitrogen and oxygen atoms in total. The van der Waals surface area contributed by atoms with E-state index in [1.807, 2.05) is 18.2 Å². The highest BCUT2D eigenvalue weighted by Gasteiger charge is 2.38. The van der Waals surface area contributed by atoms with Crippen molar-refractivity contribution in [3.8, 4) is 0 Å². The minimum atomic E-state index is -0.427. The summed E-state index contributed by atoms with van der Waals surface area (Å²) in [7, 11) is 0. The summed E-state index contributed by atoms with van der Waals surface area (Å²) in [5.74, 6) is 0.148. The fourth-order valence-electron chi connectivity index (χ4n) is 2.59. The lowest BCUT2D eigenvalue weighted by Gasteiger charge is -2.33. The van der Waals surface area contributed by atoms with E-state index in [9.17, 15) is 4.79 Å². The number of nitrogens with one attached hydrogen (secondary N) is 1. The second kappa shape index (κ2) is 4.76. The summed E-state index contributed by atoms with van der Waals surface area (Å²) in [6, 6.07) is 7.11. The second-order valence-electron chi connectivity index (χ2n) is 4.73. The summed E-state index contributed by atoms with van der Waals surface area (Å²) >= 11 is 6.29. The van der Waals surface area contributed by atoms with Crippen LogP contribution >= 0.6 is 11.6 Å². The highest BCUT2D eigenvalue weighted by atomic mass is 35.5. The summed E-state index contributed by atoms with van der Waals surface area (Å²) in [5, 5.41) is 7.83.